The average Bonchev–Trinajstić information content (AvgIpc) is 2.91. The molecule has 1 N–H and O–H groups in total. The fourth-order valence-corrected chi connectivity index (χ4v) is 2.20. The second-order valence-corrected chi connectivity index (χ2v) is 4.88. The van der Waals surface area contributed by atoms with E-state index in [1.807, 2.05) is 0 Å². The molecule has 1 atom stereocenters. The third-order valence-electron chi connectivity index (χ3n) is 3.33. The highest BCUT2D eigenvalue weighted by atomic mass is 15.2. The van der Waals surface area contributed by atoms with Crippen LogP contribution in [0.2, 0.25) is 0 Å². The second kappa shape index (κ2) is 3.97. The fourth-order valence-electron chi connectivity index (χ4n) is 2.20. The van der Waals surface area contributed by atoms with Crippen molar-refractivity contribution in [2.45, 2.75) is 45.2 Å². The monoisotopic (exact) mass is 182 g/mol. The van der Waals surface area contributed by atoms with Crippen molar-refractivity contribution in [2.75, 3.05) is 19.6 Å². The van der Waals surface area contributed by atoms with Crippen molar-refractivity contribution in [1.29, 1.82) is 0 Å². The van der Waals surface area contributed by atoms with E-state index in [0.717, 1.165) is 18.0 Å². The van der Waals surface area contributed by atoms with Gasteiger partial charge in [-0.15, -0.1) is 0 Å². The predicted molar refractivity (Wildman–Crippen MR) is 55.8 cm³/mol. The van der Waals surface area contributed by atoms with Crippen molar-refractivity contribution in [3.05, 3.63) is 0 Å². The summed E-state index contributed by atoms with van der Waals surface area (Å²) < 4.78 is 0. The van der Waals surface area contributed by atoms with Gasteiger partial charge in [-0.3, -0.25) is 4.90 Å². The van der Waals surface area contributed by atoms with Crippen molar-refractivity contribution in [1.82, 2.24) is 10.2 Å². The fraction of sp³-hybridized carbons (Fsp3) is 1.00. The van der Waals surface area contributed by atoms with Crippen LogP contribution in [0.3, 0.4) is 0 Å². The first-order valence-corrected chi connectivity index (χ1v) is 5.75. The summed E-state index contributed by atoms with van der Waals surface area (Å²) in [7, 11) is 0. The minimum atomic E-state index is 0.725. The van der Waals surface area contributed by atoms with Gasteiger partial charge in [0.05, 0.1) is 0 Å². The summed E-state index contributed by atoms with van der Waals surface area (Å²) in [6, 6.07) is 1.67. The molecule has 76 valence electrons. The van der Waals surface area contributed by atoms with Crippen molar-refractivity contribution >= 4 is 0 Å². The smallest absolute Gasteiger partial charge is 0.0218 e. The van der Waals surface area contributed by atoms with Gasteiger partial charge >= 0.3 is 0 Å². The van der Waals surface area contributed by atoms with Crippen LogP contribution >= 0.6 is 0 Å². The summed E-state index contributed by atoms with van der Waals surface area (Å²) in [4.78, 5) is 2.70. The van der Waals surface area contributed by atoms with E-state index < -0.39 is 0 Å². The summed E-state index contributed by atoms with van der Waals surface area (Å²) >= 11 is 0. The van der Waals surface area contributed by atoms with Gasteiger partial charge in [0.15, 0.2) is 0 Å². The first kappa shape index (κ1) is 9.47. The van der Waals surface area contributed by atoms with E-state index in [1.54, 1.807) is 0 Å². The summed E-state index contributed by atoms with van der Waals surface area (Å²) in [6.07, 6.45) is 4.23. The lowest BCUT2D eigenvalue weighted by Crippen LogP contribution is -2.41. The van der Waals surface area contributed by atoms with Gasteiger partial charge in [0, 0.05) is 18.6 Å². The highest BCUT2D eigenvalue weighted by Crippen LogP contribution is 2.28. The van der Waals surface area contributed by atoms with E-state index in [-0.39, 0.29) is 0 Å². The molecule has 13 heavy (non-hydrogen) atoms. The lowest BCUT2D eigenvalue weighted by atomic mass is 10.0. The molecule has 0 aromatic rings. The molecule has 0 aromatic carbocycles. The van der Waals surface area contributed by atoms with Crippen LogP contribution in [0.5, 0.6) is 0 Å². The van der Waals surface area contributed by atoms with Crippen LogP contribution in [0.1, 0.15) is 33.1 Å². The molecule has 0 aromatic heterocycles. The van der Waals surface area contributed by atoms with Gasteiger partial charge in [-0.25, -0.2) is 0 Å². The van der Waals surface area contributed by atoms with Gasteiger partial charge in [-0.05, 0) is 38.3 Å². The Balaban J connectivity index is 1.89. The van der Waals surface area contributed by atoms with E-state index in [1.165, 1.54) is 38.9 Å². The highest BCUT2D eigenvalue weighted by Gasteiger charge is 2.31. The number of nitrogens with one attached hydrogen (secondary N) is 1. The molecule has 0 bridgehead atoms. The first-order valence-electron chi connectivity index (χ1n) is 5.75. The zero-order valence-corrected chi connectivity index (χ0v) is 8.92. The Kier molecular flexibility index (Phi) is 2.89. The Morgan fingerprint density at radius 2 is 2.08 bits per heavy atom. The molecule has 1 unspecified atom stereocenters. The summed E-state index contributed by atoms with van der Waals surface area (Å²) in [6.45, 7) is 8.47. The number of rotatable bonds is 2. The Bertz CT molecular complexity index is 153. The molecule has 1 saturated carbocycles. The van der Waals surface area contributed by atoms with Crippen LogP contribution in [0.25, 0.3) is 0 Å². The average molecular weight is 182 g/mol. The molecule has 1 aliphatic carbocycles. The molecule has 2 heteroatoms. The minimum absolute atomic E-state index is 0.725. The van der Waals surface area contributed by atoms with Crippen molar-refractivity contribution in [3.8, 4) is 0 Å². The zero-order valence-electron chi connectivity index (χ0n) is 8.92. The Morgan fingerprint density at radius 1 is 1.31 bits per heavy atom. The summed E-state index contributed by atoms with van der Waals surface area (Å²) in [5.41, 5.74) is 0. The maximum Gasteiger partial charge on any atom is 0.0218 e. The normalized spacial score (nSPS) is 32.1. The number of nitrogens with zero attached hydrogens (tertiary/aromatic N) is 1. The Morgan fingerprint density at radius 3 is 2.69 bits per heavy atom. The molecule has 2 aliphatic rings. The van der Waals surface area contributed by atoms with Gasteiger partial charge in [-0.2, -0.15) is 0 Å². The molecule has 0 amide bonds. The maximum atomic E-state index is 3.65. The first-order chi connectivity index (χ1) is 6.27. The SMILES string of the molecule is CC(C)C1CN(C2CC2)CCCN1. The highest BCUT2D eigenvalue weighted by molar-refractivity contribution is 4.89. The maximum absolute atomic E-state index is 3.65. The van der Waals surface area contributed by atoms with E-state index in [4.69, 9.17) is 0 Å². The molecular weight excluding hydrogens is 160 g/mol. The van der Waals surface area contributed by atoms with Crippen molar-refractivity contribution < 1.29 is 0 Å². The van der Waals surface area contributed by atoms with Gasteiger partial charge in [0.25, 0.3) is 0 Å². The topological polar surface area (TPSA) is 15.3 Å². The van der Waals surface area contributed by atoms with E-state index in [0.29, 0.717) is 0 Å². The van der Waals surface area contributed by atoms with Gasteiger partial charge in [-0.1, -0.05) is 13.8 Å². The van der Waals surface area contributed by atoms with Crippen LogP contribution in [-0.4, -0.2) is 36.6 Å². The van der Waals surface area contributed by atoms with Crippen molar-refractivity contribution in [3.63, 3.8) is 0 Å². The number of hydrogen-bond donors (Lipinski definition) is 1. The van der Waals surface area contributed by atoms with Gasteiger partial charge < -0.3 is 5.32 Å². The Hall–Kier alpha value is -0.0800. The molecule has 2 rings (SSSR count). The second-order valence-electron chi connectivity index (χ2n) is 4.88. The Labute approximate surface area is 81.7 Å². The molecule has 0 radical (unpaired) electrons. The molecular formula is C11H22N2. The molecule has 2 fully saturated rings. The van der Waals surface area contributed by atoms with E-state index >= 15 is 0 Å². The quantitative estimate of drug-likeness (QED) is 0.695. The molecule has 1 heterocycles. The van der Waals surface area contributed by atoms with Gasteiger partial charge in [0.2, 0.25) is 0 Å². The number of hydrogen-bond acceptors (Lipinski definition) is 2. The third-order valence-corrected chi connectivity index (χ3v) is 3.33. The zero-order chi connectivity index (χ0) is 9.26. The van der Waals surface area contributed by atoms with Crippen LogP contribution in [0.4, 0.5) is 0 Å². The standard InChI is InChI=1S/C11H22N2/c1-9(2)11-8-13(10-4-5-10)7-3-6-12-11/h9-12H,3-8H2,1-2H3. The minimum Gasteiger partial charge on any atom is -0.312 e. The molecule has 1 aliphatic heterocycles. The lowest BCUT2D eigenvalue weighted by Gasteiger charge is -2.26. The predicted octanol–water partition coefficient (Wildman–Crippen LogP) is 1.47. The third kappa shape index (κ3) is 2.44. The van der Waals surface area contributed by atoms with Gasteiger partial charge in [0.1, 0.15) is 0 Å². The molecule has 2 nitrogen and oxygen atoms in total. The summed E-state index contributed by atoms with van der Waals surface area (Å²) in [5, 5.41) is 3.65. The largest absolute Gasteiger partial charge is 0.312 e. The lowest BCUT2D eigenvalue weighted by molar-refractivity contribution is 0.237. The van der Waals surface area contributed by atoms with Crippen molar-refractivity contribution in [2.24, 2.45) is 5.92 Å². The van der Waals surface area contributed by atoms with Crippen LogP contribution in [0.15, 0.2) is 0 Å². The van der Waals surface area contributed by atoms with Crippen LogP contribution in [0, 0.1) is 5.92 Å². The van der Waals surface area contributed by atoms with E-state index in [2.05, 4.69) is 24.1 Å². The van der Waals surface area contributed by atoms with Crippen LogP contribution < -0.4 is 5.32 Å². The van der Waals surface area contributed by atoms with Crippen LogP contribution in [-0.2, 0) is 0 Å². The summed E-state index contributed by atoms with van der Waals surface area (Å²) in [5.74, 6) is 0.777. The molecule has 0 spiro atoms. The van der Waals surface area contributed by atoms with E-state index in [9.17, 15) is 0 Å². The molecule has 1 saturated heterocycles.